The minimum absolute atomic E-state index is 0. The van der Waals surface area contributed by atoms with E-state index >= 15 is 0 Å². The summed E-state index contributed by atoms with van der Waals surface area (Å²) in [5, 5.41) is 6.28. The van der Waals surface area contributed by atoms with Gasteiger partial charge in [-0.3, -0.25) is 9.59 Å². The standard InChI is InChI=1S/C43H72ClN9O2.2ClH/c1-3-5-7-9-11-13-15-17-19-21-23-27-39(54)47-29-25-33-52(35-31-45-37-52)42-49-41(44)50-43(51-42)53(36-32-46-38-53)34-26-30-48-40(55)28-24-22-20-18-16-14-12-10-8-6-4-2;;/h31-32,35-38H,3-30,33-34H2,1-2H3;2*1H. The number of carbonyl (C=O) groups excluding carboxylic acids is 2. The Morgan fingerprint density at radius 1 is 0.509 bits per heavy atom. The minimum Gasteiger partial charge on any atom is -1.00 e. The number of carbonyl (C=O) groups is 2. The maximum Gasteiger partial charge on any atom is 0.349 e. The third kappa shape index (κ3) is 21.4. The number of amides is 2. The Labute approximate surface area is 362 Å². The van der Waals surface area contributed by atoms with Crippen molar-refractivity contribution in [2.45, 2.75) is 181 Å². The fourth-order valence-corrected chi connectivity index (χ4v) is 7.47. The molecule has 324 valence electrons. The minimum atomic E-state index is 0. The van der Waals surface area contributed by atoms with Crippen LogP contribution in [0.4, 0.5) is 11.9 Å². The number of aliphatic imine (C=N–C) groups is 2. The molecule has 2 N–H and O–H groups in total. The highest BCUT2D eigenvalue weighted by Gasteiger charge is 2.39. The van der Waals surface area contributed by atoms with Crippen LogP contribution in [0, 0.1) is 0 Å². The summed E-state index contributed by atoms with van der Waals surface area (Å²) >= 11 is 6.54. The molecule has 0 fully saturated rings. The summed E-state index contributed by atoms with van der Waals surface area (Å²) in [6, 6.07) is 0. The first-order valence-electron chi connectivity index (χ1n) is 22.1. The van der Waals surface area contributed by atoms with E-state index in [4.69, 9.17) is 16.6 Å². The fraction of sp³-hybridized carbons (Fsp3) is 0.744. The van der Waals surface area contributed by atoms with E-state index in [-0.39, 0.29) is 50.9 Å². The zero-order valence-electron chi connectivity index (χ0n) is 35.3. The number of rotatable bonds is 34. The SMILES string of the molecule is CCCCCCCCCCCCCC(=O)NCCC[N+]1(c2nc(Cl)nc([N+]3(CCCNC(=O)CCCCCCCCCCCCC)C=CN=C3)n2)C=CN=C1.[Cl-].[Cl-]. The molecule has 0 aromatic carbocycles. The molecule has 0 bridgehead atoms. The molecule has 11 nitrogen and oxygen atoms in total. The van der Waals surface area contributed by atoms with Crippen molar-refractivity contribution in [1.29, 1.82) is 0 Å². The van der Waals surface area contributed by atoms with Crippen LogP contribution in [-0.2, 0) is 9.59 Å². The second-order valence-electron chi connectivity index (χ2n) is 15.6. The maximum atomic E-state index is 12.5. The van der Waals surface area contributed by atoms with E-state index in [0.29, 0.717) is 63.8 Å². The Hall–Kier alpha value is -2.44. The number of hydrogen-bond acceptors (Lipinski definition) is 7. The van der Waals surface area contributed by atoms with Crippen LogP contribution in [0.5, 0.6) is 0 Å². The van der Waals surface area contributed by atoms with Crippen LogP contribution in [0.25, 0.3) is 0 Å². The van der Waals surface area contributed by atoms with Crippen LogP contribution in [0.2, 0.25) is 5.28 Å². The van der Waals surface area contributed by atoms with Gasteiger partial charge >= 0.3 is 11.9 Å². The van der Waals surface area contributed by atoms with Crippen molar-refractivity contribution in [1.82, 2.24) is 34.6 Å². The van der Waals surface area contributed by atoms with Gasteiger partial charge < -0.3 is 35.4 Å². The summed E-state index contributed by atoms with van der Waals surface area (Å²) in [5.41, 5.74) is 0. The number of hydrogen-bond donors (Lipinski definition) is 2. The van der Waals surface area contributed by atoms with Gasteiger partial charge in [-0.05, 0) is 24.4 Å². The molecule has 2 atom stereocenters. The van der Waals surface area contributed by atoms with Gasteiger partial charge in [0.2, 0.25) is 29.8 Å². The number of unbranched alkanes of at least 4 members (excludes halogenated alkanes) is 20. The summed E-state index contributed by atoms with van der Waals surface area (Å²) in [6.07, 6.45) is 41.4. The summed E-state index contributed by atoms with van der Waals surface area (Å²) in [5.74, 6) is 1.14. The van der Waals surface area contributed by atoms with Crippen molar-refractivity contribution in [3.63, 3.8) is 0 Å². The van der Waals surface area contributed by atoms with Crippen LogP contribution in [0.3, 0.4) is 0 Å². The first-order valence-corrected chi connectivity index (χ1v) is 22.5. The largest absolute Gasteiger partial charge is 1.00 e. The van der Waals surface area contributed by atoms with Crippen molar-refractivity contribution in [2.24, 2.45) is 9.98 Å². The Balaban J connectivity index is 0.00000812. The molecule has 57 heavy (non-hydrogen) atoms. The van der Waals surface area contributed by atoms with Crippen molar-refractivity contribution in [3.8, 4) is 0 Å². The van der Waals surface area contributed by atoms with Crippen molar-refractivity contribution < 1.29 is 34.4 Å². The lowest BCUT2D eigenvalue weighted by Gasteiger charge is -2.27. The Bertz CT molecular complexity index is 1240. The molecule has 0 saturated carbocycles. The summed E-state index contributed by atoms with van der Waals surface area (Å²) < 4.78 is 0.360. The van der Waals surface area contributed by atoms with Crippen LogP contribution >= 0.6 is 11.6 Å². The molecule has 0 saturated heterocycles. The lowest BCUT2D eigenvalue weighted by atomic mass is 10.1. The highest BCUT2D eigenvalue weighted by atomic mass is 35.5. The van der Waals surface area contributed by atoms with E-state index in [9.17, 15) is 9.59 Å². The van der Waals surface area contributed by atoms with Crippen molar-refractivity contribution in [2.75, 3.05) is 26.2 Å². The molecule has 0 radical (unpaired) electrons. The smallest absolute Gasteiger partial charge is 0.349 e. The molecule has 2 aliphatic heterocycles. The second-order valence-corrected chi connectivity index (χ2v) is 16.0. The molecule has 3 heterocycles. The molecule has 14 heteroatoms. The van der Waals surface area contributed by atoms with Gasteiger partial charge in [-0.2, -0.15) is 8.97 Å². The molecule has 3 rings (SSSR count). The highest BCUT2D eigenvalue weighted by Crippen LogP contribution is 2.29. The second kappa shape index (κ2) is 32.4. The van der Waals surface area contributed by atoms with E-state index in [1.54, 1.807) is 25.1 Å². The highest BCUT2D eigenvalue weighted by molar-refractivity contribution is 6.28. The first kappa shape index (κ1) is 52.6. The van der Waals surface area contributed by atoms with E-state index < -0.39 is 0 Å². The van der Waals surface area contributed by atoms with E-state index in [1.807, 2.05) is 12.4 Å². The predicted octanol–water partition coefficient (Wildman–Crippen LogP) is 4.59. The summed E-state index contributed by atoms with van der Waals surface area (Å²) in [7, 11) is 0. The zero-order valence-corrected chi connectivity index (χ0v) is 37.5. The molecular weight excluding hydrogens is 781 g/mol. The Kier molecular flexibility index (Phi) is 29.9. The zero-order chi connectivity index (χ0) is 39.3. The third-order valence-electron chi connectivity index (χ3n) is 10.8. The van der Waals surface area contributed by atoms with Crippen molar-refractivity contribution in [3.05, 3.63) is 30.1 Å². The molecule has 2 aliphatic rings. The van der Waals surface area contributed by atoms with Gasteiger partial charge in [0.25, 0.3) is 0 Å². The van der Waals surface area contributed by atoms with Gasteiger partial charge in [-0.1, -0.05) is 142 Å². The van der Waals surface area contributed by atoms with Gasteiger partial charge in [-0.25, -0.2) is 9.98 Å². The lowest BCUT2D eigenvalue weighted by molar-refractivity contribution is -0.122. The van der Waals surface area contributed by atoms with Gasteiger partial charge in [0, 0.05) is 38.8 Å². The van der Waals surface area contributed by atoms with Gasteiger partial charge in [0.15, 0.2) is 0 Å². The number of aromatic nitrogens is 3. The average Bonchev–Trinajstić information content (AvgIpc) is 3.88. The predicted molar refractivity (Wildman–Crippen MR) is 231 cm³/mol. The molecule has 0 spiro atoms. The van der Waals surface area contributed by atoms with Crippen LogP contribution in [-0.4, -0.2) is 65.6 Å². The van der Waals surface area contributed by atoms with Crippen LogP contribution in [0.15, 0.2) is 34.8 Å². The quantitative estimate of drug-likeness (QED) is 0.0777. The number of nitrogens with zero attached hydrogens (tertiary/aromatic N) is 7. The maximum absolute atomic E-state index is 12.5. The first-order chi connectivity index (χ1) is 26.9. The number of nitrogens with one attached hydrogen (secondary N) is 2. The van der Waals surface area contributed by atoms with Crippen LogP contribution in [0.1, 0.15) is 181 Å². The Morgan fingerprint density at radius 2 is 0.842 bits per heavy atom. The number of halogens is 3. The van der Waals surface area contributed by atoms with Gasteiger partial charge in [0.1, 0.15) is 12.4 Å². The molecule has 1 aromatic heterocycles. The molecule has 2 amide bonds. The van der Waals surface area contributed by atoms with Crippen LogP contribution < -0.4 is 44.4 Å². The Morgan fingerprint density at radius 3 is 1.16 bits per heavy atom. The number of quaternary nitrogens is 2. The normalized spacial score (nSPS) is 17.8. The van der Waals surface area contributed by atoms with E-state index in [1.165, 1.54) is 116 Å². The molecule has 2 unspecified atom stereocenters. The third-order valence-corrected chi connectivity index (χ3v) is 11.0. The summed E-state index contributed by atoms with van der Waals surface area (Å²) in [4.78, 5) is 47.8. The molecule has 1 aromatic rings. The lowest BCUT2D eigenvalue weighted by Crippen LogP contribution is -3.00. The van der Waals surface area contributed by atoms with E-state index in [2.05, 4.69) is 44.4 Å². The van der Waals surface area contributed by atoms with Gasteiger partial charge in [0.05, 0.1) is 25.5 Å². The van der Waals surface area contributed by atoms with E-state index in [0.717, 1.165) is 25.7 Å². The summed E-state index contributed by atoms with van der Waals surface area (Å²) in [6.45, 7) is 6.85. The monoisotopic (exact) mass is 854 g/mol. The topological polar surface area (TPSA) is 122 Å². The molecular formula is C43H74Cl3N9O2. The van der Waals surface area contributed by atoms with Crippen molar-refractivity contribution >= 4 is 48.0 Å². The fourth-order valence-electron chi connectivity index (χ4n) is 7.32. The average molecular weight is 855 g/mol. The molecule has 0 aliphatic carbocycles. The van der Waals surface area contributed by atoms with Gasteiger partial charge in [-0.15, -0.1) is 15.0 Å².